The molecule has 1 atom stereocenters. The zero-order valence-electron chi connectivity index (χ0n) is 7.45. The molecule has 0 heterocycles. The van der Waals surface area contributed by atoms with E-state index in [0.29, 0.717) is 0 Å². The first-order valence-electron chi connectivity index (χ1n) is 4.04. The maximum Gasteiger partial charge on any atom is 0.0552 e. The fraction of sp³-hybridized carbons (Fsp3) is 0.400. The van der Waals surface area contributed by atoms with Gasteiger partial charge >= 0.3 is 0 Å². The predicted molar refractivity (Wildman–Crippen MR) is 53.6 cm³/mol. The van der Waals surface area contributed by atoms with Gasteiger partial charge in [-0.25, -0.2) is 0 Å². The molecule has 1 N–H and O–H groups in total. The largest absolute Gasteiger partial charge is 0.393 e. The van der Waals surface area contributed by atoms with E-state index in [1.54, 1.807) is 11.8 Å². The summed E-state index contributed by atoms with van der Waals surface area (Å²) in [4.78, 5) is 1.26. The van der Waals surface area contributed by atoms with Crippen LogP contribution in [-0.2, 0) is 6.42 Å². The Kier molecular flexibility index (Phi) is 3.63. The summed E-state index contributed by atoms with van der Waals surface area (Å²) in [5.41, 5.74) is 1.24. The van der Waals surface area contributed by atoms with Crippen molar-refractivity contribution in [2.45, 2.75) is 24.3 Å². The van der Waals surface area contributed by atoms with Gasteiger partial charge < -0.3 is 5.11 Å². The SMILES string of the molecule is CSc1ccccc1C[C@@H](C)O. The normalized spacial score (nSPS) is 12.9. The number of hydrogen-bond donors (Lipinski definition) is 1. The average molecular weight is 182 g/mol. The van der Waals surface area contributed by atoms with Crippen molar-refractivity contribution in [3.05, 3.63) is 29.8 Å². The van der Waals surface area contributed by atoms with Crippen molar-refractivity contribution in [3.8, 4) is 0 Å². The second-order valence-corrected chi connectivity index (χ2v) is 3.71. The number of thioether (sulfide) groups is 1. The van der Waals surface area contributed by atoms with Crippen molar-refractivity contribution in [3.63, 3.8) is 0 Å². The van der Waals surface area contributed by atoms with Gasteiger partial charge in [0, 0.05) is 4.90 Å². The fourth-order valence-electron chi connectivity index (χ4n) is 1.19. The molecule has 1 aromatic rings. The maximum atomic E-state index is 9.22. The molecule has 0 fully saturated rings. The topological polar surface area (TPSA) is 20.2 Å². The molecule has 2 heteroatoms. The molecule has 0 aliphatic rings. The van der Waals surface area contributed by atoms with Crippen LogP contribution in [0, 0.1) is 0 Å². The summed E-state index contributed by atoms with van der Waals surface area (Å²) >= 11 is 1.73. The van der Waals surface area contributed by atoms with Crippen LogP contribution < -0.4 is 0 Å². The number of benzene rings is 1. The van der Waals surface area contributed by atoms with Crippen LogP contribution in [0.1, 0.15) is 12.5 Å². The van der Waals surface area contributed by atoms with E-state index in [4.69, 9.17) is 0 Å². The molecule has 0 amide bonds. The zero-order valence-corrected chi connectivity index (χ0v) is 8.27. The Balaban J connectivity index is 2.82. The van der Waals surface area contributed by atoms with E-state index in [2.05, 4.69) is 18.4 Å². The van der Waals surface area contributed by atoms with E-state index in [1.807, 2.05) is 19.1 Å². The highest BCUT2D eigenvalue weighted by molar-refractivity contribution is 7.98. The lowest BCUT2D eigenvalue weighted by Crippen LogP contribution is -2.04. The molecule has 1 rings (SSSR count). The van der Waals surface area contributed by atoms with Gasteiger partial charge in [-0.2, -0.15) is 0 Å². The number of rotatable bonds is 3. The summed E-state index contributed by atoms with van der Waals surface area (Å²) in [6.07, 6.45) is 2.55. The van der Waals surface area contributed by atoms with Crippen molar-refractivity contribution in [1.29, 1.82) is 0 Å². The Labute approximate surface area is 77.8 Å². The average Bonchev–Trinajstić information content (AvgIpc) is 2.04. The molecule has 66 valence electrons. The minimum Gasteiger partial charge on any atom is -0.393 e. The molecule has 0 aromatic heterocycles. The Morgan fingerprint density at radius 2 is 2.08 bits per heavy atom. The van der Waals surface area contributed by atoms with Crippen LogP contribution in [0.3, 0.4) is 0 Å². The molecule has 1 aromatic carbocycles. The van der Waals surface area contributed by atoms with Gasteiger partial charge in [-0.05, 0) is 31.2 Å². The highest BCUT2D eigenvalue weighted by atomic mass is 32.2. The molecule has 0 unspecified atom stereocenters. The molecule has 1 nitrogen and oxygen atoms in total. The van der Waals surface area contributed by atoms with Crippen LogP contribution in [0.5, 0.6) is 0 Å². The van der Waals surface area contributed by atoms with Crippen LogP contribution >= 0.6 is 11.8 Å². The first kappa shape index (κ1) is 9.62. The van der Waals surface area contributed by atoms with E-state index >= 15 is 0 Å². The van der Waals surface area contributed by atoms with Crippen LogP contribution in [0.4, 0.5) is 0 Å². The Morgan fingerprint density at radius 3 is 2.67 bits per heavy atom. The van der Waals surface area contributed by atoms with Gasteiger partial charge in [-0.15, -0.1) is 11.8 Å². The second kappa shape index (κ2) is 4.53. The van der Waals surface area contributed by atoms with E-state index in [-0.39, 0.29) is 6.10 Å². The monoisotopic (exact) mass is 182 g/mol. The van der Waals surface area contributed by atoms with Gasteiger partial charge in [-0.3, -0.25) is 0 Å². The van der Waals surface area contributed by atoms with E-state index < -0.39 is 0 Å². The smallest absolute Gasteiger partial charge is 0.0552 e. The molecule has 0 aliphatic carbocycles. The number of aliphatic hydroxyl groups excluding tert-OH is 1. The summed E-state index contributed by atoms with van der Waals surface area (Å²) in [6.45, 7) is 1.82. The fourth-order valence-corrected chi connectivity index (χ4v) is 1.82. The van der Waals surface area contributed by atoms with Crippen LogP contribution in [0.15, 0.2) is 29.2 Å². The Morgan fingerprint density at radius 1 is 1.42 bits per heavy atom. The highest BCUT2D eigenvalue weighted by Gasteiger charge is 2.02. The number of aliphatic hydroxyl groups is 1. The third-order valence-corrected chi connectivity index (χ3v) is 2.55. The molecule has 12 heavy (non-hydrogen) atoms. The van der Waals surface area contributed by atoms with Crippen LogP contribution in [-0.4, -0.2) is 17.5 Å². The van der Waals surface area contributed by atoms with Gasteiger partial charge in [0.2, 0.25) is 0 Å². The summed E-state index contributed by atoms with van der Waals surface area (Å²) in [6, 6.07) is 8.19. The van der Waals surface area contributed by atoms with Crippen molar-refractivity contribution in [1.82, 2.24) is 0 Å². The minimum absolute atomic E-state index is 0.252. The summed E-state index contributed by atoms with van der Waals surface area (Å²) in [5, 5.41) is 9.22. The molecule has 0 bridgehead atoms. The summed E-state index contributed by atoms with van der Waals surface area (Å²) in [7, 11) is 0. The van der Waals surface area contributed by atoms with E-state index in [1.165, 1.54) is 10.5 Å². The molecular formula is C10H14OS. The van der Waals surface area contributed by atoms with Crippen molar-refractivity contribution >= 4 is 11.8 Å². The third kappa shape index (κ3) is 2.54. The lowest BCUT2D eigenvalue weighted by atomic mass is 10.1. The molecule has 0 saturated heterocycles. The van der Waals surface area contributed by atoms with Gasteiger partial charge in [0.25, 0.3) is 0 Å². The lowest BCUT2D eigenvalue weighted by molar-refractivity contribution is 0.195. The predicted octanol–water partition coefficient (Wildman–Crippen LogP) is 2.33. The molecule has 0 aliphatic heterocycles. The zero-order chi connectivity index (χ0) is 8.97. The third-order valence-electron chi connectivity index (χ3n) is 1.71. The second-order valence-electron chi connectivity index (χ2n) is 2.86. The highest BCUT2D eigenvalue weighted by Crippen LogP contribution is 2.20. The van der Waals surface area contributed by atoms with Crippen molar-refractivity contribution in [2.24, 2.45) is 0 Å². The first-order valence-corrected chi connectivity index (χ1v) is 5.26. The quantitative estimate of drug-likeness (QED) is 0.724. The standard InChI is InChI=1S/C10H14OS/c1-8(11)7-9-5-3-4-6-10(9)12-2/h3-6,8,11H,7H2,1-2H3/t8-/m1/s1. The van der Waals surface area contributed by atoms with E-state index in [0.717, 1.165) is 6.42 Å². The van der Waals surface area contributed by atoms with Gasteiger partial charge in [-0.1, -0.05) is 18.2 Å². The lowest BCUT2D eigenvalue weighted by Gasteiger charge is -2.08. The molecule has 0 saturated carbocycles. The maximum absolute atomic E-state index is 9.22. The Hall–Kier alpha value is -0.470. The minimum atomic E-state index is -0.252. The van der Waals surface area contributed by atoms with Crippen molar-refractivity contribution in [2.75, 3.05) is 6.26 Å². The summed E-state index contributed by atoms with van der Waals surface area (Å²) in [5.74, 6) is 0. The van der Waals surface area contributed by atoms with Crippen molar-refractivity contribution < 1.29 is 5.11 Å². The van der Waals surface area contributed by atoms with Gasteiger partial charge in [0.15, 0.2) is 0 Å². The van der Waals surface area contributed by atoms with E-state index in [9.17, 15) is 5.11 Å². The van der Waals surface area contributed by atoms with Crippen LogP contribution in [0.2, 0.25) is 0 Å². The van der Waals surface area contributed by atoms with Crippen LogP contribution in [0.25, 0.3) is 0 Å². The number of hydrogen-bond acceptors (Lipinski definition) is 2. The summed E-state index contributed by atoms with van der Waals surface area (Å²) < 4.78 is 0. The first-order chi connectivity index (χ1) is 5.74. The van der Waals surface area contributed by atoms with Gasteiger partial charge in [0.05, 0.1) is 6.10 Å². The Bertz CT molecular complexity index is 245. The van der Waals surface area contributed by atoms with Gasteiger partial charge in [0.1, 0.15) is 0 Å². The molecular weight excluding hydrogens is 168 g/mol. The molecule has 0 radical (unpaired) electrons. The molecule has 0 spiro atoms.